The molecule has 0 aliphatic heterocycles. The number of hydrazine groups is 1. The van der Waals surface area contributed by atoms with Gasteiger partial charge in [0.25, 0.3) is 11.8 Å². The Hall–Kier alpha value is -2.87. The van der Waals surface area contributed by atoms with Crippen LogP contribution in [0.25, 0.3) is 11.1 Å². The summed E-state index contributed by atoms with van der Waals surface area (Å²) in [5.41, 5.74) is 7.36. The smallest absolute Gasteiger partial charge is 0.276 e. The largest absolute Gasteiger partial charge is 0.484 e. The van der Waals surface area contributed by atoms with Crippen LogP contribution in [-0.2, 0) is 4.79 Å². The highest BCUT2D eigenvalue weighted by molar-refractivity contribution is 14.1. The second-order valence-corrected chi connectivity index (χ2v) is 6.94. The standard InChI is InChI=1S/C21H17IN2O3/c22-18-8-4-7-17(13-18)21(26)24-23-20(25)14-27-19-11-9-16(10-12-19)15-5-2-1-3-6-15/h1-13H,14H2,(H,23,25)(H,24,26). The molecule has 0 fully saturated rings. The topological polar surface area (TPSA) is 67.4 Å². The molecule has 6 heteroatoms. The average Bonchev–Trinajstić information content (AvgIpc) is 2.71. The molecular weight excluding hydrogens is 455 g/mol. The van der Waals surface area contributed by atoms with Crippen LogP contribution in [0.15, 0.2) is 78.9 Å². The zero-order chi connectivity index (χ0) is 19.1. The van der Waals surface area contributed by atoms with Gasteiger partial charge in [-0.25, -0.2) is 0 Å². The summed E-state index contributed by atoms with van der Waals surface area (Å²) in [5, 5.41) is 0. The van der Waals surface area contributed by atoms with Gasteiger partial charge in [-0.15, -0.1) is 0 Å². The van der Waals surface area contributed by atoms with Crippen LogP contribution in [0.1, 0.15) is 10.4 Å². The second kappa shape index (κ2) is 9.18. The molecule has 0 atom stereocenters. The average molecular weight is 472 g/mol. The summed E-state index contributed by atoms with van der Waals surface area (Å²) < 4.78 is 6.39. The van der Waals surface area contributed by atoms with Gasteiger partial charge in [-0.3, -0.25) is 20.4 Å². The van der Waals surface area contributed by atoms with Gasteiger partial charge in [-0.1, -0.05) is 48.5 Å². The Morgan fingerprint density at radius 2 is 1.52 bits per heavy atom. The van der Waals surface area contributed by atoms with Crippen molar-refractivity contribution in [3.8, 4) is 16.9 Å². The molecule has 0 spiro atoms. The van der Waals surface area contributed by atoms with Crippen molar-refractivity contribution in [2.75, 3.05) is 6.61 Å². The van der Waals surface area contributed by atoms with Gasteiger partial charge >= 0.3 is 0 Å². The molecule has 0 saturated carbocycles. The Morgan fingerprint density at radius 1 is 0.815 bits per heavy atom. The van der Waals surface area contributed by atoms with Crippen LogP contribution in [0.4, 0.5) is 0 Å². The lowest BCUT2D eigenvalue weighted by Gasteiger charge is -2.09. The van der Waals surface area contributed by atoms with Crippen molar-refractivity contribution in [2.24, 2.45) is 0 Å². The van der Waals surface area contributed by atoms with Gasteiger partial charge in [0, 0.05) is 9.13 Å². The fraction of sp³-hybridized carbons (Fsp3) is 0.0476. The number of benzene rings is 3. The SMILES string of the molecule is O=C(COc1ccc(-c2ccccc2)cc1)NNC(=O)c1cccc(I)c1. The Kier molecular flexibility index (Phi) is 6.43. The lowest BCUT2D eigenvalue weighted by Crippen LogP contribution is -2.43. The van der Waals surface area contributed by atoms with Crippen molar-refractivity contribution in [2.45, 2.75) is 0 Å². The third-order valence-corrected chi connectivity index (χ3v) is 4.40. The molecule has 5 nitrogen and oxygen atoms in total. The molecule has 0 heterocycles. The van der Waals surface area contributed by atoms with E-state index >= 15 is 0 Å². The second-order valence-electron chi connectivity index (χ2n) is 5.69. The van der Waals surface area contributed by atoms with Crippen LogP contribution in [-0.4, -0.2) is 18.4 Å². The van der Waals surface area contributed by atoms with Crippen LogP contribution in [0.5, 0.6) is 5.75 Å². The monoisotopic (exact) mass is 472 g/mol. The highest BCUT2D eigenvalue weighted by atomic mass is 127. The van der Waals surface area contributed by atoms with Gasteiger partial charge in [0.05, 0.1) is 0 Å². The Bertz CT molecular complexity index is 928. The predicted molar refractivity (Wildman–Crippen MR) is 112 cm³/mol. The highest BCUT2D eigenvalue weighted by Crippen LogP contribution is 2.21. The Labute approximate surface area is 170 Å². The van der Waals surface area contributed by atoms with Crippen LogP contribution in [0.2, 0.25) is 0 Å². The zero-order valence-corrected chi connectivity index (χ0v) is 16.5. The molecule has 0 aromatic heterocycles. The third kappa shape index (κ3) is 5.55. The molecule has 3 rings (SSSR count). The highest BCUT2D eigenvalue weighted by Gasteiger charge is 2.08. The van der Waals surface area contributed by atoms with Crippen molar-refractivity contribution >= 4 is 34.4 Å². The number of nitrogens with one attached hydrogen (secondary N) is 2. The van der Waals surface area contributed by atoms with Gasteiger partial charge in [-0.2, -0.15) is 0 Å². The van der Waals surface area contributed by atoms with Gasteiger partial charge in [0.15, 0.2) is 6.61 Å². The van der Waals surface area contributed by atoms with Crippen molar-refractivity contribution in [3.05, 3.63) is 88.0 Å². The molecule has 0 unspecified atom stereocenters. The predicted octanol–water partition coefficient (Wildman–Crippen LogP) is 3.80. The summed E-state index contributed by atoms with van der Waals surface area (Å²) in [6.45, 7) is -0.197. The lowest BCUT2D eigenvalue weighted by molar-refractivity contribution is -0.123. The number of carbonyl (C=O) groups excluding carboxylic acids is 2. The minimum absolute atomic E-state index is 0.197. The molecule has 0 bridgehead atoms. The summed E-state index contributed by atoms with van der Waals surface area (Å²) >= 11 is 2.12. The molecule has 0 aliphatic rings. The van der Waals surface area contributed by atoms with E-state index in [0.717, 1.165) is 14.7 Å². The van der Waals surface area contributed by atoms with Crippen molar-refractivity contribution in [1.29, 1.82) is 0 Å². The maximum Gasteiger partial charge on any atom is 0.276 e. The molecule has 2 amide bonds. The summed E-state index contributed by atoms with van der Waals surface area (Å²) in [6.07, 6.45) is 0. The molecule has 3 aromatic carbocycles. The van der Waals surface area contributed by atoms with E-state index in [1.807, 2.05) is 48.5 Å². The Balaban J connectivity index is 1.47. The number of rotatable bonds is 5. The number of halogens is 1. The van der Waals surface area contributed by atoms with Crippen LogP contribution in [0, 0.1) is 3.57 Å². The molecule has 0 saturated heterocycles. The van der Waals surface area contributed by atoms with E-state index in [4.69, 9.17) is 4.74 Å². The Morgan fingerprint density at radius 3 is 2.22 bits per heavy atom. The molecular formula is C21H17IN2O3. The van der Waals surface area contributed by atoms with Gasteiger partial charge < -0.3 is 4.74 Å². The molecule has 3 aromatic rings. The minimum atomic E-state index is -0.443. The molecule has 0 radical (unpaired) electrons. The number of hydrogen-bond donors (Lipinski definition) is 2. The van der Waals surface area contributed by atoms with Crippen molar-refractivity contribution in [1.82, 2.24) is 10.9 Å². The van der Waals surface area contributed by atoms with E-state index in [1.165, 1.54) is 0 Å². The summed E-state index contributed by atoms with van der Waals surface area (Å²) in [6, 6.07) is 24.5. The van der Waals surface area contributed by atoms with Gasteiger partial charge in [0.1, 0.15) is 5.75 Å². The third-order valence-electron chi connectivity index (χ3n) is 3.73. The van der Waals surface area contributed by atoms with E-state index in [9.17, 15) is 9.59 Å². The first-order chi connectivity index (χ1) is 13.1. The maximum atomic E-state index is 12.0. The van der Waals surface area contributed by atoms with E-state index in [1.54, 1.807) is 30.3 Å². The van der Waals surface area contributed by atoms with Crippen LogP contribution in [0.3, 0.4) is 0 Å². The minimum Gasteiger partial charge on any atom is -0.484 e. The molecule has 0 aliphatic carbocycles. The summed E-state index contributed by atoms with van der Waals surface area (Å²) in [4.78, 5) is 23.8. The van der Waals surface area contributed by atoms with Gasteiger partial charge in [0.2, 0.25) is 0 Å². The van der Waals surface area contributed by atoms with E-state index in [-0.39, 0.29) is 12.5 Å². The molecule has 136 valence electrons. The first-order valence-corrected chi connectivity index (χ1v) is 9.33. The number of carbonyl (C=O) groups is 2. The summed E-state index contributed by atoms with van der Waals surface area (Å²) in [7, 11) is 0. The van der Waals surface area contributed by atoms with Crippen molar-refractivity contribution < 1.29 is 14.3 Å². The fourth-order valence-electron chi connectivity index (χ4n) is 2.39. The van der Waals surface area contributed by atoms with E-state index in [2.05, 4.69) is 33.4 Å². The van der Waals surface area contributed by atoms with Crippen molar-refractivity contribution in [3.63, 3.8) is 0 Å². The number of ether oxygens (including phenoxy) is 1. The fourth-order valence-corrected chi connectivity index (χ4v) is 2.93. The first-order valence-electron chi connectivity index (χ1n) is 8.25. The molecule has 27 heavy (non-hydrogen) atoms. The van der Waals surface area contributed by atoms with Crippen LogP contribution >= 0.6 is 22.6 Å². The summed E-state index contributed by atoms with van der Waals surface area (Å²) in [5.74, 6) is -0.246. The van der Waals surface area contributed by atoms with E-state index < -0.39 is 5.91 Å². The lowest BCUT2D eigenvalue weighted by atomic mass is 10.1. The van der Waals surface area contributed by atoms with Gasteiger partial charge in [-0.05, 0) is 64.0 Å². The first kappa shape index (κ1) is 18.9. The molecule has 2 N–H and O–H groups in total. The quantitative estimate of drug-likeness (QED) is 0.439. The normalized spacial score (nSPS) is 10.1. The number of hydrogen-bond acceptors (Lipinski definition) is 3. The maximum absolute atomic E-state index is 12.0. The zero-order valence-electron chi connectivity index (χ0n) is 14.3. The van der Waals surface area contributed by atoms with E-state index in [0.29, 0.717) is 11.3 Å². The van der Waals surface area contributed by atoms with Crippen LogP contribution < -0.4 is 15.6 Å². The number of amides is 2.